The van der Waals surface area contributed by atoms with Crippen molar-refractivity contribution in [3.63, 3.8) is 0 Å². The number of thioether (sulfide) groups is 1. The van der Waals surface area contributed by atoms with Gasteiger partial charge in [-0.15, -0.1) is 11.3 Å². The third kappa shape index (κ3) is 5.36. The second-order valence-corrected chi connectivity index (χ2v) is 8.22. The molecule has 3 N–H and O–H groups in total. The van der Waals surface area contributed by atoms with Crippen LogP contribution in [0.25, 0.3) is 0 Å². The van der Waals surface area contributed by atoms with Crippen molar-refractivity contribution in [1.82, 2.24) is 10.3 Å². The van der Waals surface area contributed by atoms with E-state index < -0.39 is 9.84 Å². The van der Waals surface area contributed by atoms with Gasteiger partial charge in [-0.1, -0.05) is 18.2 Å². The van der Waals surface area contributed by atoms with Crippen molar-refractivity contribution in [2.24, 2.45) is 5.73 Å². The number of rotatable bonds is 8. The lowest BCUT2D eigenvalue weighted by molar-refractivity contribution is 0.604. The van der Waals surface area contributed by atoms with E-state index in [0.29, 0.717) is 6.54 Å². The molecule has 5 nitrogen and oxygen atoms in total. The van der Waals surface area contributed by atoms with Crippen molar-refractivity contribution in [3.05, 3.63) is 58.1 Å². The van der Waals surface area contributed by atoms with E-state index in [4.69, 9.17) is 5.73 Å². The van der Waals surface area contributed by atoms with Gasteiger partial charge in [-0.3, -0.25) is 0 Å². The molecule has 0 bridgehead atoms. The minimum atomic E-state index is -3.50. The molecule has 0 amide bonds. The van der Waals surface area contributed by atoms with Crippen molar-refractivity contribution in [2.75, 3.05) is 12.3 Å². The highest BCUT2D eigenvalue weighted by Gasteiger charge is 2.10. The third-order valence-corrected chi connectivity index (χ3v) is 6.06. The van der Waals surface area contributed by atoms with Crippen molar-refractivity contribution in [3.8, 4) is 0 Å². The summed E-state index contributed by atoms with van der Waals surface area (Å²) in [6.45, 7) is 0.600. The molecule has 0 saturated heterocycles. The predicted molar refractivity (Wildman–Crippen MR) is 92.2 cm³/mol. The topological polar surface area (TPSA) is 85.1 Å². The maximum Gasteiger partial charge on any atom is 0.203 e. The second kappa shape index (κ2) is 8.21. The van der Waals surface area contributed by atoms with Crippen LogP contribution in [0.3, 0.4) is 0 Å². The van der Waals surface area contributed by atoms with Gasteiger partial charge in [0.1, 0.15) is 10.8 Å². The number of nitrogens with zero attached hydrogens (tertiary/aromatic N) is 1. The number of aromatic nitrogens is 1. The van der Waals surface area contributed by atoms with Gasteiger partial charge in [0.05, 0.1) is 10.3 Å². The van der Waals surface area contributed by atoms with Crippen LogP contribution >= 0.6 is 23.1 Å². The molecule has 118 valence electrons. The SMILES string of the molecule is N/C(=C/S(=O)(=O)c1ccccc1)NCCSCc1nccs1. The Labute approximate surface area is 138 Å². The Bertz CT molecular complexity index is 698. The highest BCUT2D eigenvalue weighted by atomic mass is 32.2. The van der Waals surface area contributed by atoms with Crippen LogP contribution in [0, 0.1) is 0 Å². The summed E-state index contributed by atoms with van der Waals surface area (Å²) >= 11 is 3.35. The van der Waals surface area contributed by atoms with Gasteiger partial charge in [-0.2, -0.15) is 11.8 Å². The van der Waals surface area contributed by atoms with Crippen LogP contribution < -0.4 is 11.1 Å². The first-order valence-corrected chi connectivity index (χ1v) is 10.1. The fraction of sp³-hybridized carbons (Fsp3) is 0.214. The third-order valence-electron chi connectivity index (χ3n) is 2.64. The molecule has 1 aromatic heterocycles. The Morgan fingerprint density at radius 1 is 1.36 bits per heavy atom. The molecule has 0 aliphatic rings. The zero-order valence-electron chi connectivity index (χ0n) is 11.8. The summed E-state index contributed by atoms with van der Waals surface area (Å²) in [5.41, 5.74) is 5.73. The molecule has 2 rings (SSSR count). The van der Waals surface area contributed by atoms with Crippen LogP contribution in [-0.2, 0) is 15.6 Å². The highest BCUT2D eigenvalue weighted by molar-refractivity contribution is 7.98. The minimum absolute atomic E-state index is 0.152. The zero-order chi connectivity index (χ0) is 15.8. The van der Waals surface area contributed by atoms with Gasteiger partial charge in [-0.25, -0.2) is 13.4 Å². The molecule has 0 atom stereocenters. The van der Waals surface area contributed by atoms with Crippen molar-refractivity contribution in [1.29, 1.82) is 0 Å². The fourth-order valence-corrected chi connectivity index (χ4v) is 4.29. The summed E-state index contributed by atoms with van der Waals surface area (Å²) < 4.78 is 24.2. The maximum atomic E-state index is 12.1. The van der Waals surface area contributed by atoms with Crippen molar-refractivity contribution >= 4 is 32.9 Å². The number of hydrogen-bond donors (Lipinski definition) is 2. The van der Waals surface area contributed by atoms with E-state index in [0.717, 1.165) is 21.9 Å². The van der Waals surface area contributed by atoms with Crippen LogP contribution in [-0.4, -0.2) is 25.7 Å². The molecule has 8 heteroatoms. The molecule has 0 aliphatic carbocycles. The molecule has 0 radical (unpaired) electrons. The van der Waals surface area contributed by atoms with E-state index in [-0.39, 0.29) is 10.7 Å². The molecule has 0 aliphatic heterocycles. The van der Waals surface area contributed by atoms with Crippen LogP contribution in [0.5, 0.6) is 0 Å². The molecule has 1 aromatic carbocycles. The lowest BCUT2D eigenvalue weighted by atomic mass is 10.4. The average Bonchev–Trinajstić information content (AvgIpc) is 3.00. The van der Waals surface area contributed by atoms with Gasteiger partial charge in [0.2, 0.25) is 9.84 Å². The highest BCUT2D eigenvalue weighted by Crippen LogP contribution is 2.14. The molecule has 1 heterocycles. The normalized spacial score (nSPS) is 12.3. The van der Waals surface area contributed by atoms with Crippen molar-refractivity contribution < 1.29 is 8.42 Å². The van der Waals surface area contributed by atoms with E-state index in [9.17, 15) is 8.42 Å². The van der Waals surface area contributed by atoms with Crippen LogP contribution in [0.15, 0.2) is 58.0 Å². The summed E-state index contributed by atoms with van der Waals surface area (Å²) in [4.78, 5) is 4.43. The Kier molecular flexibility index (Phi) is 6.29. The number of hydrogen-bond acceptors (Lipinski definition) is 7. The molecule has 22 heavy (non-hydrogen) atoms. The lowest BCUT2D eigenvalue weighted by Crippen LogP contribution is -2.23. The second-order valence-electron chi connectivity index (χ2n) is 4.34. The predicted octanol–water partition coefficient (Wildman–Crippen LogP) is 2.20. The van der Waals surface area contributed by atoms with Gasteiger partial charge in [0.15, 0.2) is 0 Å². The Morgan fingerprint density at radius 2 is 2.14 bits per heavy atom. The maximum absolute atomic E-state index is 12.1. The van der Waals surface area contributed by atoms with E-state index in [2.05, 4.69) is 10.3 Å². The number of sulfone groups is 1. The summed E-state index contributed by atoms with van der Waals surface area (Å²) in [7, 11) is -3.50. The molecule has 0 fully saturated rings. The van der Waals surface area contributed by atoms with Crippen LogP contribution in [0.1, 0.15) is 5.01 Å². The monoisotopic (exact) mass is 355 g/mol. The summed E-state index contributed by atoms with van der Waals surface area (Å²) in [5.74, 6) is 1.82. The van der Waals surface area contributed by atoms with Gasteiger partial charge in [0, 0.05) is 29.6 Å². The number of thiazole rings is 1. The molecule has 0 spiro atoms. The first-order chi connectivity index (χ1) is 10.6. The average molecular weight is 356 g/mol. The molecule has 0 saturated carbocycles. The Balaban J connectivity index is 1.78. The van der Waals surface area contributed by atoms with E-state index in [1.165, 1.54) is 0 Å². The smallest absolute Gasteiger partial charge is 0.203 e. The summed E-state index contributed by atoms with van der Waals surface area (Å²) in [6, 6.07) is 8.22. The van der Waals surface area contributed by atoms with Gasteiger partial charge in [0.25, 0.3) is 0 Å². The molecular weight excluding hydrogens is 338 g/mol. The summed E-state index contributed by atoms with van der Waals surface area (Å²) in [5, 5.41) is 7.01. The van der Waals surface area contributed by atoms with Crippen LogP contribution in [0.4, 0.5) is 0 Å². The number of nitrogens with two attached hydrogens (primary N) is 1. The van der Waals surface area contributed by atoms with E-state index in [1.807, 2.05) is 5.38 Å². The standard InChI is InChI=1S/C14H17N3O2S3/c15-13(11-22(18,19)12-4-2-1-3-5-12)16-6-8-20-10-14-17-7-9-21-14/h1-5,7,9,11,16H,6,8,10,15H2/b13-11-. The first-order valence-electron chi connectivity index (χ1n) is 6.55. The fourth-order valence-electron chi connectivity index (χ4n) is 1.64. The van der Waals surface area contributed by atoms with Gasteiger partial charge < -0.3 is 11.1 Å². The number of benzene rings is 1. The minimum Gasteiger partial charge on any atom is -0.385 e. The molecule has 0 unspecified atom stereocenters. The first kappa shape index (κ1) is 16.9. The van der Waals surface area contributed by atoms with Gasteiger partial charge in [-0.05, 0) is 12.1 Å². The Morgan fingerprint density at radius 3 is 2.82 bits per heavy atom. The molecular formula is C14H17N3O2S3. The van der Waals surface area contributed by atoms with Crippen LogP contribution in [0.2, 0.25) is 0 Å². The largest absolute Gasteiger partial charge is 0.385 e. The van der Waals surface area contributed by atoms with Crippen molar-refractivity contribution in [2.45, 2.75) is 10.6 Å². The zero-order valence-corrected chi connectivity index (χ0v) is 14.3. The van der Waals surface area contributed by atoms with Gasteiger partial charge >= 0.3 is 0 Å². The molecule has 2 aromatic rings. The van der Waals surface area contributed by atoms with E-state index >= 15 is 0 Å². The van der Waals surface area contributed by atoms with E-state index in [1.54, 1.807) is 59.6 Å². The lowest BCUT2D eigenvalue weighted by Gasteiger charge is -2.06. The number of nitrogens with one attached hydrogen (secondary N) is 1. The summed E-state index contributed by atoms with van der Waals surface area (Å²) in [6.07, 6.45) is 1.79. The quantitative estimate of drug-likeness (QED) is 0.706. The Hall–Kier alpha value is -1.51.